The second-order valence-corrected chi connectivity index (χ2v) is 6.68. The first kappa shape index (κ1) is 13.8. The van der Waals surface area contributed by atoms with Crippen LogP contribution >= 0.6 is 0 Å². The van der Waals surface area contributed by atoms with Crippen LogP contribution in [0.5, 0.6) is 0 Å². The number of ketones is 1. The van der Waals surface area contributed by atoms with Gasteiger partial charge in [-0.3, -0.25) is 4.79 Å². The molecule has 3 atom stereocenters. The van der Waals surface area contributed by atoms with Crippen molar-refractivity contribution in [1.29, 1.82) is 0 Å². The number of Topliss-reactive ketones (excluding diaryl/α,β-unsaturated/α-hetero) is 1. The predicted molar refractivity (Wildman–Crippen MR) is 73.2 cm³/mol. The zero-order valence-corrected chi connectivity index (χ0v) is 11.9. The fraction of sp³-hybridized carbons (Fsp3) is 0.812. The minimum atomic E-state index is -0.720. The lowest BCUT2D eigenvalue weighted by atomic mass is 9.70. The van der Waals surface area contributed by atoms with Gasteiger partial charge in [0.25, 0.3) is 0 Å². The molecule has 0 aromatic rings. The molecule has 0 aromatic carbocycles. The average Bonchev–Trinajstić information content (AvgIpc) is 2.26. The molecule has 18 heavy (non-hydrogen) atoms. The Labute approximate surface area is 110 Å². The van der Waals surface area contributed by atoms with E-state index in [-0.39, 0.29) is 11.8 Å². The number of carbonyl (C=O) groups is 1. The van der Waals surface area contributed by atoms with Crippen molar-refractivity contribution in [1.82, 2.24) is 0 Å². The Hall–Kier alpha value is -0.630. The van der Waals surface area contributed by atoms with Crippen LogP contribution in [0.1, 0.15) is 59.3 Å². The van der Waals surface area contributed by atoms with Gasteiger partial charge >= 0.3 is 0 Å². The van der Waals surface area contributed by atoms with Gasteiger partial charge in [0, 0.05) is 18.3 Å². The first-order valence-corrected chi connectivity index (χ1v) is 7.33. The van der Waals surface area contributed by atoms with E-state index in [9.17, 15) is 9.90 Å². The van der Waals surface area contributed by atoms with Crippen molar-refractivity contribution in [2.45, 2.75) is 64.9 Å². The standard InChI is InChI=1S/C16H26O2/c1-11-10-12-6-4-5-7-13(12)15(17)9-8-14(11)16(2,3)18/h10,12-14,18H,4-9H2,1-3H3/b11-10-/t12-,13-,14-/m1/s1. The molecule has 0 saturated heterocycles. The van der Waals surface area contributed by atoms with E-state index in [2.05, 4.69) is 13.0 Å². The van der Waals surface area contributed by atoms with Crippen LogP contribution in [0.2, 0.25) is 0 Å². The van der Waals surface area contributed by atoms with Gasteiger partial charge in [-0.15, -0.1) is 0 Å². The van der Waals surface area contributed by atoms with E-state index in [0.717, 1.165) is 19.3 Å². The fourth-order valence-electron chi connectivity index (χ4n) is 3.82. The Morgan fingerprint density at radius 1 is 1.22 bits per heavy atom. The summed E-state index contributed by atoms with van der Waals surface area (Å²) in [5, 5.41) is 10.3. The third kappa shape index (κ3) is 2.85. The Bertz CT molecular complexity index is 349. The molecule has 2 aliphatic carbocycles. The number of hydrogen-bond donors (Lipinski definition) is 1. The van der Waals surface area contributed by atoms with Crippen molar-refractivity contribution in [2.75, 3.05) is 0 Å². The highest BCUT2D eigenvalue weighted by molar-refractivity contribution is 5.81. The number of rotatable bonds is 1. The number of aliphatic hydroxyl groups is 1. The van der Waals surface area contributed by atoms with Crippen LogP contribution in [0.4, 0.5) is 0 Å². The van der Waals surface area contributed by atoms with Crippen molar-refractivity contribution in [3.63, 3.8) is 0 Å². The summed E-state index contributed by atoms with van der Waals surface area (Å²) in [6, 6.07) is 0. The number of allylic oxidation sites excluding steroid dienone is 1. The van der Waals surface area contributed by atoms with E-state index in [4.69, 9.17) is 0 Å². The lowest BCUT2D eigenvalue weighted by molar-refractivity contribution is -0.125. The highest BCUT2D eigenvalue weighted by atomic mass is 16.3. The maximum Gasteiger partial charge on any atom is 0.136 e. The van der Waals surface area contributed by atoms with Crippen molar-refractivity contribution in [3.05, 3.63) is 11.6 Å². The van der Waals surface area contributed by atoms with Crippen LogP contribution in [-0.4, -0.2) is 16.5 Å². The molecule has 1 fully saturated rings. The second-order valence-electron chi connectivity index (χ2n) is 6.68. The van der Waals surface area contributed by atoms with Crippen LogP contribution in [0, 0.1) is 17.8 Å². The zero-order chi connectivity index (χ0) is 13.3. The van der Waals surface area contributed by atoms with E-state index in [1.165, 1.54) is 18.4 Å². The summed E-state index contributed by atoms with van der Waals surface area (Å²) in [5.41, 5.74) is 0.564. The predicted octanol–water partition coefficient (Wildman–Crippen LogP) is 3.49. The van der Waals surface area contributed by atoms with E-state index in [1.54, 1.807) is 0 Å². The van der Waals surface area contributed by atoms with Crippen molar-refractivity contribution >= 4 is 5.78 Å². The molecule has 0 bridgehead atoms. The van der Waals surface area contributed by atoms with E-state index >= 15 is 0 Å². The molecular formula is C16H26O2. The molecule has 0 heterocycles. The van der Waals surface area contributed by atoms with Crippen LogP contribution in [0.25, 0.3) is 0 Å². The van der Waals surface area contributed by atoms with Gasteiger partial charge in [-0.25, -0.2) is 0 Å². The molecular weight excluding hydrogens is 224 g/mol. The van der Waals surface area contributed by atoms with Gasteiger partial charge in [-0.2, -0.15) is 0 Å². The molecule has 0 aromatic heterocycles. The number of hydrogen-bond acceptors (Lipinski definition) is 2. The lowest BCUT2D eigenvalue weighted by Gasteiger charge is -2.36. The third-order valence-electron chi connectivity index (χ3n) is 4.79. The van der Waals surface area contributed by atoms with Gasteiger partial charge in [-0.1, -0.05) is 24.5 Å². The van der Waals surface area contributed by atoms with Crippen LogP contribution < -0.4 is 0 Å². The van der Waals surface area contributed by atoms with Crippen LogP contribution in [0.3, 0.4) is 0 Å². The van der Waals surface area contributed by atoms with Gasteiger partial charge in [0.15, 0.2) is 0 Å². The van der Waals surface area contributed by atoms with Gasteiger partial charge in [0.05, 0.1) is 5.60 Å². The molecule has 2 heteroatoms. The van der Waals surface area contributed by atoms with Gasteiger partial charge in [-0.05, 0) is 46.0 Å². The summed E-state index contributed by atoms with van der Waals surface area (Å²) in [5.74, 6) is 1.25. The fourth-order valence-corrected chi connectivity index (χ4v) is 3.82. The highest BCUT2D eigenvalue weighted by Gasteiger charge is 2.35. The lowest BCUT2D eigenvalue weighted by Crippen LogP contribution is -2.36. The molecule has 0 spiro atoms. The van der Waals surface area contributed by atoms with E-state index < -0.39 is 5.60 Å². The highest BCUT2D eigenvalue weighted by Crippen LogP contribution is 2.39. The minimum Gasteiger partial charge on any atom is -0.390 e. The largest absolute Gasteiger partial charge is 0.390 e. The molecule has 1 N–H and O–H groups in total. The first-order chi connectivity index (χ1) is 8.39. The smallest absolute Gasteiger partial charge is 0.136 e. The Balaban J connectivity index is 2.27. The molecule has 2 aliphatic rings. The Morgan fingerprint density at radius 3 is 2.56 bits per heavy atom. The molecule has 102 valence electrons. The maximum absolute atomic E-state index is 12.3. The molecule has 2 rings (SSSR count). The van der Waals surface area contributed by atoms with Gasteiger partial charge in [0.2, 0.25) is 0 Å². The van der Waals surface area contributed by atoms with Crippen molar-refractivity contribution in [3.8, 4) is 0 Å². The summed E-state index contributed by atoms with van der Waals surface area (Å²) in [6.07, 6.45) is 8.39. The second kappa shape index (κ2) is 5.16. The van der Waals surface area contributed by atoms with Crippen LogP contribution in [0.15, 0.2) is 11.6 Å². The number of fused-ring (bicyclic) bond motifs is 1. The van der Waals surface area contributed by atoms with Gasteiger partial charge in [0.1, 0.15) is 5.78 Å². The Kier molecular flexibility index (Phi) is 3.96. The SMILES string of the molecule is C/C1=C/[C@H]2CCCC[C@H]2C(=O)CC[C@H]1C(C)(C)O. The molecule has 1 saturated carbocycles. The maximum atomic E-state index is 12.3. The number of carbonyl (C=O) groups excluding carboxylic acids is 1. The molecule has 0 aliphatic heterocycles. The monoisotopic (exact) mass is 250 g/mol. The molecule has 2 nitrogen and oxygen atoms in total. The molecule has 0 unspecified atom stereocenters. The summed E-state index contributed by atoms with van der Waals surface area (Å²) >= 11 is 0. The first-order valence-electron chi connectivity index (χ1n) is 7.33. The Morgan fingerprint density at radius 2 is 1.89 bits per heavy atom. The topological polar surface area (TPSA) is 37.3 Å². The quantitative estimate of drug-likeness (QED) is 0.723. The van der Waals surface area contributed by atoms with Crippen molar-refractivity contribution < 1.29 is 9.90 Å². The molecule has 0 radical (unpaired) electrons. The summed E-state index contributed by atoms with van der Waals surface area (Å²) in [4.78, 5) is 12.3. The minimum absolute atomic E-state index is 0.129. The molecule has 0 amide bonds. The van der Waals surface area contributed by atoms with Crippen molar-refractivity contribution in [2.24, 2.45) is 17.8 Å². The normalized spacial score (nSPS) is 37.2. The third-order valence-corrected chi connectivity index (χ3v) is 4.79. The van der Waals surface area contributed by atoms with E-state index in [0.29, 0.717) is 18.1 Å². The van der Waals surface area contributed by atoms with Gasteiger partial charge < -0.3 is 5.11 Å². The van der Waals surface area contributed by atoms with E-state index in [1.807, 2.05) is 13.8 Å². The van der Waals surface area contributed by atoms with Crippen LogP contribution in [-0.2, 0) is 4.79 Å². The average molecular weight is 250 g/mol. The zero-order valence-electron chi connectivity index (χ0n) is 11.9. The summed E-state index contributed by atoms with van der Waals surface area (Å²) < 4.78 is 0. The summed E-state index contributed by atoms with van der Waals surface area (Å²) in [6.45, 7) is 5.85. The summed E-state index contributed by atoms with van der Waals surface area (Å²) in [7, 11) is 0.